The van der Waals surface area contributed by atoms with E-state index in [1.807, 2.05) is 0 Å². The number of halogens is 6. The van der Waals surface area contributed by atoms with Crippen LogP contribution in [0.5, 0.6) is 5.75 Å². The number of nitrogens with one attached hydrogen (secondary N) is 1. The van der Waals surface area contributed by atoms with E-state index in [0.717, 1.165) is 0 Å². The standard InChI is InChI=1S/C18H9BrF5NO3/c19-5-10(26)7-1-3-11(18-8(7)2-4-12(27)25-18)28-6-9-13(20)15(22)17(24)16(23)14(9)21/h1-4H,5-6H2,(H,25,27). The van der Waals surface area contributed by atoms with Gasteiger partial charge in [-0.2, -0.15) is 0 Å². The van der Waals surface area contributed by atoms with Crippen molar-refractivity contribution >= 4 is 32.6 Å². The van der Waals surface area contributed by atoms with E-state index in [2.05, 4.69) is 20.9 Å². The minimum absolute atomic E-state index is 0.00594. The molecule has 0 saturated carbocycles. The number of H-pyrrole nitrogens is 1. The van der Waals surface area contributed by atoms with Crippen LogP contribution >= 0.6 is 15.9 Å². The first kappa shape index (κ1) is 20.0. The maximum absolute atomic E-state index is 13.8. The van der Waals surface area contributed by atoms with E-state index in [9.17, 15) is 31.5 Å². The first-order chi connectivity index (χ1) is 13.3. The number of alkyl halides is 1. The second-order valence-corrected chi connectivity index (χ2v) is 6.18. The number of carbonyl (C=O) groups is 1. The van der Waals surface area contributed by atoms with E-state index >= 15 is 0 Å². The summed E-state index contributed by atoms with van der Waals surface area (Å²) in [6.45, 7) is -0.996. The molecule has 28 heavy (non-hydrogen) atoms. The van der Waals surface area contributed by atoms with Crippen molar-refractivity contribution in [1.29, 1.82) is 0 Å². The molecule has 0 atom stereocenters. The summed E-state index contributed by atoms with van der Waals surface area (Å²) >= 11 is 3.03. The lowest BCUT2D eigenvalue weighted by Crippen LogP contribution is -2.11. The number of fused-ring (bicyclic) bond motifs is 1. The lowest BCUT2D eigenvalue weighted by Gasteiger charge is -2.13. The molecule has 3 aromatic rings. The average Bonchev–Trinajstić information content (AvgIpc) is 2.70. The molecule has 1 aromatic heterocycles. The SMILES string of the molecule is O=C(CBr)c1ccc(OCc2c(F)c(F)c(F)c(F)c2F)c2[nH]c(=O)ccc12. The Kier molecular flexibility index (Phi) is 5.50. The van der Waals surface area contributed by atoms with Gasteiger partial charge in [-0.15, -0.1) is 0 Å². The normalized spacial score (nSPS) is 11.1. The van der Waals surface area contributed by atoms with E-state index in [4.69, 9.17) is 4.74 Å². The molecule has 0 aliphatic rings. The monoisotopic (exact) mass is 461 g/mol. The summed E-state index contributed by atoms with van der Waals surface area (Å²) in [7, 11) is 0. The number of aromatic nitrogens is 1. The number of Topliss-reactive ketones (excluding diaryl/α,β-unsaturated/α-hetero) is 1. The zero-order valence-electron chi connectivity index (χ0n) is 13.7. The maximum Gasteiger partial charge on any atom is 0.248 e. The zero-order chi connectivity index (χ0) is 20.6. The molecular weight excluding hydrogens is 453 g/mol. The van der Waals surface area contributed by atoms with Gasteiger partial charge in [-0.3, -0.25) is 9.59 Å². The third kappa shape index (κ3) is 3.39. The number of ether oxygens (including phenoxy) is 1. The van der Waals surface area contributed by atoms with Gasteiger partial charge < -0.3 is 9.72 Å². The highest BCUT2D eigenvalue weighted by Crippen LogP contribution is 2.29. The van der Waals surface area contributed by atoms with Crippen molar-refractivity contribution in [3.63, 3.8) is 0 Å². The fourth-order valence-corrected chi connectivity index (χ4v) is 2.89. The highest BCUT2D eigenvalue weighted by molar-refractivity contribution is 9.09. The van der Waals surface area contributed by atoms with Gasteiger partial charge in [0.2, 0.25) is 11.4 Å². The van der Waals surface area contributed by atoms with E-state index in [-0.39, 0.29) is 27.9 Å². The van der Waals surface area contributed by atoms with Crippen molar-refractivity contribution < 1.29 is 31.5 Å². The lowest BCUT2D eigenvalue weighted by molar-refractivity contribution is 0.102. The molecule has 0 aliphatic heterocycles. The molecule has 0 bridgehead atoms. The fourth-order valence-electron chi connectivity index (χ4n) is 2.59. The summed E-state index contributed by atoms with van der Waals surface area (Å²) in [5.41, 5.74) is -1.42. The van der Waals surface area contributed by atoms with Crippen molar-refractivity contribution in [2.45, 2.75) is 6.61 Å². The van der Waals surface area contributed by atoms with Gasteiger partial charge in [0.15, 0.2) is 29.1 Å². The molecule has 0 spiro atoms. The highest BCUT2D eigenvalue weighted by Gasteiger charge is 2.26. The molecule has 0 unspecified atom stereocenters. The molecule has 1 heterocycles. The molecule has 0 aliphatic carbocycles. The summed E-state index contributed by atoms with van der Waals surface area (Å²) in [6, 6.07) is 5.13. The van der Waals surface area contributed by atoms with Gasteiger partial charge in [0.25, 0.3) is 0 Å². The highest BCUT2D eigenvalue weighted by atomic mass is 79.9. The van der Waals surface area contributed by atoms with Crippen molar-refractivity contribution in [2.75, 3.05) is 5.33 Å². The number of hydrogen-bond donors (Lipinski definition) is 1. The second kappa shape index (κ2) is 7.70. The van der Waals surface area contributed by atoms with Crippen molar-refractivity contribution in [3.8, 4) is 5.75 Å². The summed E-state index contributed by atoms with van der Waals surface area (Å²) in [5, 5.41) is 0.297. The Bertz CT molecular complexity index is 1130. The second-order valence-electron chi connectivity index (χ2n) is 5.62. The van der Waals surface area contributed by atoms with E-state index in [0.29, 0.717) is 5.39 Å². The third-order valence-electron chi connectivity index (χ3n) is 3.95. The van der Waals surface area contributed by atoms with Crippen LogP contribution in [0, 0.1) is 29.1 Å². The van der Waals surface area contributed by atoms with Crippen LogP contribution in [-0.4, -0.2) is 16.1 Å². The van der Waals surface area contributed by atoms with Crippen molar-refractivity contribution in [3.05, 3.63) is 74.8 Å². The zero-order valence-corrected chi connectivity index (χ0v) is 15.3. The topological polar surface area (TPSA) is 59.2 Å². The predicted octanol–water partition coefficient (Wildman–Crippen LogP) is 4.38. The van der Waals surface area contributed by atoms with Crippen LogP contribution in [0.1, 0.15) is 15.9 Å². The number of ketones is 1. The Morgan fingerprint density at radius 3 is 2.14 bits per heavy atom. The number of pyridine rings is 1. The number of benzene rings is 2. The fraction of sp³-hybridized carbons (Fsp3) is 0.111. The Morgan fingerprint density at radius 2 is 1.54 bits per heavy atom. The summed E-state index contributed by atoms with van der Waals surface area (Å²) in [4.78, 5) is 26.1. The Labute approximate surface area is 162 Å². The molecule has 1 N–H and O–H groups in total. The molecule has 146 valence electrons. The van der Waals surface area contributed by atoms with Crippen LogP contribution in [-0.2, 0) is 6.61 Å². The van der Waals surface area contributed by atoms with Gasteiger partial charge in [0, 0.05) is 17.0 Å². The van der Waals surface area contributed by atoms with Gasteiger partial charge in [0.1, 0.15) is 12.4 Å². The quantitative estimate of drug-likeness (QED) is 0.201. The molecular formula is C18H9BrF5NO3. The molecule has 4 nitrogen and oxygen atoms in total. The maximum atomic E-state index is 13.8. The van der Waals surface area contributed by atoms with E-state index in [1.165, 1.54) is 24.3 Å². The number of rotatable bonds is 5. The first-order valence-corrected chi connectivity index (χ1v) is 8.76. The summed E-state index contributed by atoms with van der Waals surface area (Å²) in [6.07, 6.45) is 0. The lowest BCUT2D eigenvalue weighted by atomic mass is 10.0. The van der Waals surface area contributed by atoms with Crippen LogP contribution < -0.4 is 10.3 Å². The molecule has 10 heteroatoms. The first-order valence-electron chi connectivity index (χ1n) is 7.64. The van der Waals surface area contributed by atoms with E-state index in [1.54, 1.807) is 0 Å². The smallest absolute Gasteiger partial charge is 0.248 e. The molecule has 0 fully saturated rings. The minimum Gasteiger partial charge on any atom is -0.486 e. The third-order valence-corrected chi connectivity index (χ3v) is 4.46. The van der Waals surface area contributed by atoms with Crippen LogP contribution in [0.4, 0.5) is 22.0 Å². The predicted molar refractivity (Wildman–Crippen MR) is 93.3 cm³/mol. The van der Waals surface area contributed by atoms with Gasteiger partial charge >= 0.3 is 0 Å². The van der Waals surface area contributed by atoms with Gasteiger partial charge in [-0.25, -0.2) is 22.0 Å². The number of hydrogen-bond acceptors (Lipinski definition) is 3. The summed E-state index contributed by atoms with van der Waals surface area (Å²) < 4.78 is 72.5. The van der Waals surface area contributed by atoms with Crippen molar-refractivity contribution in [2.24, 2.45) is 0 Å². The largest absolute Gasteiger partial charge is 0.486 e. The van der Waals surface area contributed by atoms with Crippen molar-refractivity contribution in [1.82, 2.24) is 4.98 Å². The molecule has 2 aromatic carbocycles. The summed E-state index contributed by atoms with van der Waals surface area (Å²) in [5.74, 6) is -10.9. The van der Waals surface area contributed by atoms with Crippen LogP contribution in [0.15, 0.2) is 29.1 Å². The van der Waals surface area contributed by atoms with Crippen LogP contribution in [0.2, 0.25) is 0 Å². The molecule has 3 rings (SSSR count). The number of carbonyl (C=O) groups excluding carboxylic acids is 1. The molecule has 0 saturated heterocycles. The Morgan fingerprint density at radius 1 is 0.929 bits per heavy atom. The molecule has 0 amide bonds. The number of aromatic amines is 1. The van der Waals surface area contributed by atoms with Crippen LogP contribution in [0.3, 0.4) is 0 Å². The van der Waals surface area contributed by atoms with Gasteiger partial charge in [-0.05, 0) is 18.2 Å². The molecule has 0 radical (unpaired) electrons. The van der Waals surface area contributed by atoms with Crippen LogP contribution in [0.25, 0.3) is 10.9 Å². The van der Waals surface area contributed by atoms with E-state index < -0.39 is 46.8 Å². The average molecular weight is 462 g/mol. The Balaban J connectivity index is 2.07. The minimum atomic E-state index is -2.27. The Hall–Kier alpha value is -2.75. The van der Waals surface area contributed by atoms with Gasteiger partial charge in [-0.1, -0.05) is 15.9 Å². The van der Waals surface area contributed by atoms with Gasteiger partial charge in [0.05, 0.1) is 16.4 Å².